The number of carbonyl (C=O) groups excluding carboxylic acids is 1. The minimum Gasteiger partial charge on any atom is -0.341 e. The normalized spacial score (nSPS) is 20.0. The monoisotopic (exact) mass is 133 g/mol. The molecule has 1 aliphatic rings. The molecule has 0 saturated carbocycles. The lowest BCUT2D eigenvalue weighted by atomic mass is 10.8. The Morgan fingerprint density at radius 2 is 2.57 bits per heavy atom. The van der Waals surface area contributed by atoms with Crippen LogP contribution in [0.25, 0.3) is 0 Å². The lowest BCUT2D eigenvalue weighted by Crippen LogP contribution is -2.11. The van der Waals surface area contributed by atoms with E-state index in [1.165, 1.54) is 0 Å². The van der Waals surface area contributed by atoms with E-state index >= 15 is 0 Å². The van der Waals surface area contributed by atoms with Crippen molar-refractivity contribution in [1.29, 1.82) is 0 Å². The highest BCUT2D eigenvalue weighted by Crippen LogP contribution is 2.09. The van der Waals surface area contributed by atoms with Gasteiger partial charge in [-0.2, -0.15) is 0 Å². The highest BCUT2D eigenvalue weighted by molar-refractivity contribution is 8.33. The van der Waals surface area contributed by atoms with E-state index in [1.54, 1.807) is 0 Å². The van der Waals surface area contributed by atoms with E-state index in [4.69, 9.17) is 0 Å². The summed E-state index contributed by atoms with van der Waals surface area (Å²) in [5.41, 5.74) is 0. The summed E-state index contributed by atoms with van der Waals surface area (Å²) in [5.74, 6) is 0. The second-order valence-corrected chi connectivity index (χ2v) is 2.93. The SMILES string of the molecule is O=C1NCC(=S)S1. The summed E-state index contributed by atoms with van der Waals surface area (Å²) >= 11 is 5.78. The number of thioether (sulfide) groups is 1. The number of carbonyl (C=O) groups is 1. The molecule has 2 nitrogen and oxygen atoms in total. The van der Waals surface area contributed by atoms with Gasteiger partial charge in [0.15, 0.2) is 0 Å². The standard InChI is InChI=1S/C3H3NOS2/c5-3-4-1-2(6)7-3/h1H2,(H,4,5). The molecule has 0 atom stereocenters. The van der Waals surface area contributed by atoms with Crippen LogP contribution in [0.1, 0.15) is 0 Å². The lowest BCUT2D eigenvalue weighted by molar-refractivity contribution is 0.262. The lowest BCUT2D eigenvalue weighted by Gasteiger charge is -1.77. The predicted molar refractivity (Wildman–Crippen MR) is 33.6 cm³/mol. The maximum absolute atomic E-state index is 10.2. The first kappa shape index (κ1) is 5.05. The molecule has 1 amide bonds. The van der Waals surface area contributed by atoms with Crippen LogP contribution < -0.4 is 5.32 Å². The van der Waals surface area contributed by atoms with Crippen LogP contribution in [-0.4, -0.2) is 16.0 Å². The molecule has 1 N–H and O–H groups in total. The first-order valence-electron chi connectivity index (χ1n) is 1.77. The Balaban J connectivity index is 2.55. The van der Waals surface area contributed by atoms with Gasteiger partial charge in [0.1, 0.15) is 0 Å². The molecule has 0 radical (unpaired) electrons. The molecule has 0 aromatic carbocycles. The highest BCUT2D eigenvalue weighted by atomic mass is 32.2. The van der Waals surface area contributed by atoms with E-state index in [1.807, 2.05) is 0 Å². The van der Waals surface area contributed by atoms with Crippen LogP contribution >= 0.6 is 24.0 Å². The summed E-state index contributed by atoms with van der Waals surface area (Å²) in [6.45, 7) is 0.568. The fraction of sp³-hybridized carbons (Fsp3) is 0.333. The average molecular weight is 133 g/mol. The van der Waals surface area contributed by atoms with Crippen molar-refractivity contribution < 1.29 is 4.79 Å². The van der Waals surface area contributed by atoms with E-state index in [0.29, 0.717) is 6.54 Å². The number of nitrogens with one attached hydrogen (secondary N) is 1. The van der Waals surface area contributed by atoms with Crippen LogP contribution in [0.4, 0.5) is 4.79 Å². The summed E-state index contributed by atoms with van der Waals surface area (Å²) in [7, 11) is 0. The van der Waals surface area contributed by atoms with Crippen LogP contribution in [0.2, 0.25) is 0 Å². The summed E-state index contributed by atoms with van der Waals surface area (Å²) in [5, 5.41) is 2.53. The van der Waals surface area contributed by atoms with Gasteiger partial charge in [-0.15, -0.1) is 0 Å². The molecule has 1 rings (SSSR count). The Morgan fingerprint density at radius 1 is 1.86 bits per heavy atom. The molecular formula is C3H3NOS2. The quantitative estimate of drug-likeness (QED) is 0.495. The number of hydrogen-bond donors (Lipinski definition) is 1. The molecule has 1 aliphatic heterocycles. The van der Waals surface area contributed by atoms with Gasteiger partial charge in [-0.25, -0.2) is 0 Å². The van der Waals surface area contributed by atoms with E-state index in [2.05, 4.69) is 17.5 Å². The van der Waals surface area contributed by atoms with Crippen LogP contribution in [0.5, 0.6) is 0 Å². The van der Waals surface area contributed by atoms with E-state index < -0.39 is 0 Å². The maximum Gasteiger partial charge on any atom is 0.284 e. The first-order chi connectivity index (χ1) is 3.29. The Hall–Kier alpha value is -0.0900. The molecular weight excluding hydrogens is 130 g/mol. The minimum atomic E-state index is -0.0231. The third-order valence-electron chi connectivity index (χ3n) is 0.584. The van der Waals surface area contributed by atoms with Gasteiger partial charge >= 0.3 is 0 Å². The Kier molecular flexibility index (Phi) is 1.30. The molecule has 0 aliphatic carbocycles. The second-order valence-electron chi connectivity index (χ2n) is 1.12. The van der Waals surface area contributed by atoms with Crippen LogP contribution in [0.3, 0.4) is 0 Å². The fourth-order valence-electron chi connectivity index (χ4n) is 0.320. The van der Waals surface area contributed by atoms with Gasteiger partial charge in [-0.1, -0.05) is 12.2 Å². The van der Waals surface area contributed by atoms with E-state index in [0.717, 1.165) is 16.0 Å². The molecule has 0 bridgehead atoms. The molecule has 4 heteroatoms. The number of amides is 1. The average Bonchev–Trinajstić information content (AvgIpc) is 1.87. The second kappa shape index (κ2) is 1.79. The Labute approximate surface area is 50.7 Å². The van der Waals surface area contributed by atoms with Crippen LogP contribution in [0.15, 0.2) is 0 Å². The van der Waals surface area contributed by atoms with Crippen LogP contribution in [-0.2, 0) is 0 Å². The van der Waals surface area contributed by atoms with Crippen molar-refractivity contribution in [3.05, 3.63) is 0 Å². The van der Waals surface area contributed by atoms with Gasteiger partial charge in [0.25, 0.3) is 5.24 Å². The summed E-state index contributed by atoms with van der Waals surface area (Å²) in [6, 6.07) is 0. The van der Waals surface area contributed by atoms with Gasteiger partial charge < -0.3 is 5.32 Å². The number of rotatable bonds is 0. The zero-order valence-electron chi connectivity index (χ0n) is 3.43. The van der Waals surface area contributed by atoms with Crippen molar-refractivity contribution >= 4 is 33.4 Å². The Morgan fingerprint density at radius 3 is 2.71 bits per heavy atom. The maximum atomic E-state index is 10.2. The molecule has 0 aromatic heterocycles. The van der Waals surface area contributed by atoms with Gasteiger partial charge in [-0.05, 0) is 11.8 Å². The van der Waals surface area contributed by atoms with Crippen molar-refractivity contribution in [1.82, 2.24) is 5.32 Å². The number of hydrogen-bond acceptors (Lipinski definition) is 3. The minimum absolute atomic E-state index is 0.0231. The van der Waals surface area contributed by atoms with Crippen molar-refractivity contribution in [2.75, 3.05) is 6.54 Å². The van der Waals surface area contributed by atoms with Crippen LogP contribution in [0, 0.1) is 0 Å². The van der Waals surface area contributed by atoms with Gasteiger partial charge in [0.2, 0.25) is 0 Å². The summed E-state index contributed by atoms with van der Waals surface area (Å²) in [6.07, 6.45) is 0. The van der Waals surface area contributed by atoms with Gasteiger partial charge in [-0.3, -0.25) is 4.79 Å². The third-order valence-corrected chi connectivity index (χ3v) is 1.68. The first-order valence-corrected chi connectivity index (χ1v) is 3.00. The van der Waals surface area contributed by atoms with Crippen molar-refractivity contribution in [3.8, 4) is 0 Å². The summed E-state index contributed by atoms with van der Waals surface area (Å²) < 4.78 is 0.741. The molecule has 0 spiro atoms. The molecule has 1 heterocycles. The molecule has 1 saturated heterocycles. The number of thiocarbonyl (C=S) groups is 1. The molecule has 1 fully saturated rings. The van der Waals surface area contributed by atoms with E-state index in [9.17, 15) is 4.79 Å². The largest absolute Gasteiger partial charge is 0.341 e. The van der Waals surface area contributed by atoms with Gasteiger partial charge in [0, 0.05) is 0 Å². The molecule has 0 aromatic rings. The Bertz CT molecular complexity index is 108. The highest BCUT2D eigenvalue weighted by Gasteiger charge is 2.13. The molecule has 38 valence electrons. The van der Waals surface area contributed by atoms with Crippen molar-refractivity contribution in [3.63, 3.8) is 0 Å². The molecule has 7 heavy (non-hydrogen) atoms. The van der Waals surface area contributed by atoms with Crippen molar-refractivity contribution in [2.24, 2.45) is 0 Å². The third kappa shape index (κ3) is 1.14. The van der Waals surface area contributed by atoms with E-state index in [-0.39, 0.29) is 5.24 Å². The fourth-order valence-corrected chi connectivity index (χ4v) is 1.11. The predicted octanol–water partition coefficient (Wildman–Crippen LogP) is 0.770. The molecule has 0 unspecified atom stereocenters. The zero-order valence-corrected chi connectivity index (χ0v) is 5.06. The topological polar surface area (TPSA) is 29.1 Å². The van der Waals surface area contributed by atoms with Gasteiger partial charge in [0.05, 0.1) is 10.7 Å². The summed E-state index contributed by atoms with van der Waals surface area (Å²) in [4.78, 5) is 10.2. The smallest absolute Gasteiger partial charge is 0.284 e. The van der Waals surface area contributed by atoms with Crippen molar-refractivity contribution in [2.45, 2.75) is 0 Å². The zero-order chi connectivity index (χ0) is 5.28.